The number of primary amides is 1. The molecule has 1 aromatic carbocycles. The Hall–Kier alpha value is -3.14. The fraction of sp³-hybridized carbons (Fsp3) is 0.444. The predicted octanol–water partition coefficient (Wildman–Crippen LogP) is 0.174. The molecule has 4 N–H and O–H groups in total. The Bertz CT molecular complexity index is 949. The van der Waals surface area contributed by atoms with Crippen LogP contribution in [0.1, 0.15) is 24.2 Å². The zero-order valence-corrected chi connectivity index (χ0v) is 15.5. The average Bonchev–Trinajstić information content (AvgIpc) is 3.15. The second kappa shape index (κ2) is 6.79. The number of nitrogens with two attached hydrogens (primary N) is 1. The van der Waals surface area contributed by atoms with E-state index in [-0.39, 0.29) is 24.3 Å². The van der Waals surface area contributed by atoms with Crippen molar-refractivity contribution in [2.75, 3.05) is 18.1 Å². The molecule has 2 saturated heterocycles. The summed E-state index contributed by atoms with van der Waals surface area (Å²) in [6, 6.07) is 2.56. The van der Waals surface area contributed by atoms with Crippen LogP contribution >= 0.6 is 0 Å². The van der Waals surface area contributed by atoms with Crippen molar-refractivity contribution in [3.05, 3.63) is 24.0 Å². The van der Waals surface area contributed by atoms with E-state index < -0.39 is 24.1 Å². The Balaban J connectivity index is 1.81. The summed E-state index contributed by atoms with van der Waals surface area (Å²) in [5, 5.41) is 13.3. The Morgan fingerprint density at radius 3 is 2.93 bits per heavy atom. The molecular weight excluding hydrogens is 366 g/mol. The van der Waals surface area contributed by atoms with Gasteiger partial charge in [0.05, 0.1) is 35.9 Å². The van der Waals surface area contributed by atoms with Crippen LogP contribution in [0.3, 0.4) is 0 Å². The summed E-state index contributed by atoms with van der Waals surface area (Å²) < 4.78 is 11.1. The van der Waals surface area contributed by atoms with E-state index in [0.717, 1.165) is 0 Å². The van der Waals surface area contributed by atoms with Gasteiger partial charge in [-0.05, 0) is 26.0 Å². The zero-order valence-electron chi connectivity index (χ0n) is 15.5. The third-order valence-electron chi connectivity index (χ3n) is 4.92. The van der Waals surface area contributed by atoms with E-state index in [1.165, 1.54) is 6.33 Å². The van der Waals surface area contributed by atoms with Crippen LogP contribution < -0.4 is 20.7 Å². The average molecular weight is 387 g/mol. The normalized spacial score (nSPS) is 23.6. The van der Waals surface area contributed by atoms with Crippen molar-refractivity contribution in [1.29, 1.82) is 0 Å². The van der Waals surface area contributed by atoms with Gasteiger partial charge in [0.15, 0.2) is 0 Å². The number of fused-ring (bicyclic) bond motifs is 2. The summed E-state index contributed by atoms with van der Waals surface area (Å²) in [7, 11) is 0. The van der Waals surface area contributed by atoms with E-state index in [4.69, 9.17) is 15.2 Å². The zero-order chi connectivity index (χ0) is 20.0. The van der Waals surface area contributed by atoms with Crippen LogP contribution in [-0.4, -0.2) is 64.5 Å². The van der Waals surface area contributed by atoms with Crippen LogP contribution in [0.4, 0.5) is 10.6 Å². The van der Waals surface area contributed by atoms with E-state index in [1.807, 2.05) is 18.7 Å². The minimum Gasteiger partial charge on any atom is -0.490 e. The number of ether oxygens (including phenoxy) is 2. The molecule has 2 aliphatic rings. The van der Waals surface area contributed by atoms with E-state index in [2.05, 4.69) is 15.3 Å². The van der Waals surface area contributed by atoms with Crippen LogP contribution in [0, 0.1) is 0 Å². The number of hydrogen-bond donors (Lipinski definition) is 3. The quantitative estimate of drug-likeness (QED) is 0.660. The molecule has 1 unspecified atom stereocenters. The number of aromatic nitrogens is 2. The van der Waals surface area contributed by atoms with Crippen molar-refractivity contribution in [1.82, 2.24) is 15.3 Å². The molecule has 0 spiro atoms. The van der Waals surface area contributed by atoms with Gasteiger partial charge in [-0.25, -0.2) is 14.8 Å². The lowest BCUT2D eigenvalue weighted by molar-refractivity contribution is 0.0994. The third kappa shape index (κ3) is 2.95. The topological polar surface area (TPSA) is 140 Å². The monoisotopic (exact) mass is 387 g/mol. The molecular formula is C18H21N5O5. The molecule has 2 fully saturated rings. The summed E-state index contributed by atoms with van der Waals surface area (Å²) in [6.07, 6.45) is 0.259. The summed E-state index contributed by atoms with van der Waals surface area (Å²) in [6.45, 7) is 3.91. The van der Waals surface area contributed by atoms with Gasteiger partial charge in [0.2, 0.25) is 0 Å². The number of rotatable bonds is 5. The Labute approximate surface area is 160 Å². The number of carbonyl (C=O) groups is 2. The van der Waals surface area contributed by atoms with Crippen molar-refractivity contribution < 1.29 is 24.2 Å². The second-order valence-electron chi connectivity index (χ2n) is 7.12. The molecule has 10 heteroatoms. The number of hydrogen-bond acceptors (Lipinski definition) is 8. The van der Waals surface area contributed by atoms with Gasteiger partial charge in [-0.2, -0.15) is 0 Å². The van der Waals surface area contributed by atoms with Gasteiger partial charge in [-0.3, -0.25) is 4.79 Å². The highest BCUT2D eigenvalue weighted by atomic mass is 16.6. The summed E-state index contributed by atoms with van der Waals surface area (Å²) in [5.74, 6) is 0.286. The molecule has 2 aromatic rings. The van der Waals surface area contributed by atoms with Crippen LogP contribution in [0.2, 0.25) is 0 Å². The van der Waals surface area contributed by atoms with Crippen molar-refractivity contribution in [2.45, 2.75) is 38.1 Å². The van der Waals surface area contributed by atoms with Crippen LogP contribution in [0.25, 0.3) is 10.9 Å². The Morgan fingerprint density at radius 1 is 1.46 bits per heavy atom. The largest absolute Gasteiger partial charge is 0.490 e. The highest BCUT2D eigenvalue weighted by Crippen LogP contribution is 2.35. The SMILES string of the molecule is CC(C)Oc1cc2c(N3C[C@H]4NC(=O)O[C@H]4C3CO)ncnc2cc1C(N)=O. The van der Waals surface area contributed by atoms with E-state index in [1.54, 1.807) is 12.1 Å². The molecule has 1 aromatic heterocycles. The number of nitrogens with zero attached hydrogens (tertiary/aromatic N) is 3. The van der Waals surface area contributed by atoms with Crippen LogP contribution in [-0.2, 0) is 4.74 Å². The number of anilines is 1. The lowest BCUT2D eigenvalue weighted by atomic mass is 10.1. The first-order valence-electron chi connectivity index (χ1n) is 8.99. The number of amides is 2. The summed E-state index contributed by atoms with van der Waals surface area (Å²) >= 11 is 0. The van der Waals surface area contributed by atoms with Gasteiger partial charge in [0.1, 0.15) is 24.0 Å². The molecule has 10 nitrogen and oxygen atoms in total. The predicted molar refractivity (Wildman–Crippen MR) is 99.2 cm³/mol. The minimum absolute atomic E-state index is 0.163. The molecule has 3 heterocycles. The van der Waals surface area contributed by atoms with Gasteiger partial charge in [-0.1, -0.05) is 0 Å². The Morgan fingerprint density at radius 2 is 2.25 bits per heavy atom. The van der Waals surface area contributed by atoms with Crippen molar-refractivity contribution >= 4 is 28.7 Å². The third-order valence-corrected chi connectivity index (χ3v) is 4.92. The smallest absolute Gasteiger partial charge is 0.407 e. The van der Waals surface area contributed by atoms with E-state index >= 15 is 0 Å². The van der Waals surface area contributed by atoms with E-state index in [9.17, 15) is 14.7 Å². The van der Waals surface area contributed by atoms with Gasteiger partial charge >= 0.3 is 6.09 Å². The van der Waals surface area contributed by atoms with Crippen molar-refractivity contribution in [3.8, 4) is 5.75 Å². The second-order valence-corrected chi connectivity index (χ2v) is 7.12. The first-order valence-corrected chi connectivity index (χ1v) is 8.99. The van der Waals surface area contributed by atoms with Gasteiger partial charge in [0.25, 0.3) is 5.91 Å². The van der Waals surface area contributed by atoms with Crippen molar-refractivity contribution in [2.24, 2.45) is 5.73 Å². The molecule has 4 rings (SSSR count). The molecule has 0 saturated carbocycles. The molecule has 3 atom stereocenters. The fourth-order valence-electron chi connectivity index (χ4n) is 3.78. The summed E-state index contributed by atoms with van der Waals surface area (Å²) in [5.41, 5.74) is 6.25. The van der Waals surface area contributed by atoms with Gasteiger partial charge in [0, 0.05) is 11.9 Å². The number of benzene rings is 1. The molecule has 2 amide bonds. The number of aliphatic hydroxyl groups is 1. The molecule has 0 aliphatic carbocycles. The summed E-state index contributed by atoms with van der Waals surface area (Å²) in [4.78, 5) is 33.9. The molecule has 148 valence electrons. The maximum atomic E-state index is 11.8. The molecule has 0 bridgehead atoms. The number of alkyl carbamates (subject to hydrolysis) is 1. The maximum Gasteiger partial charge on any atom is 0.407 e. The lowest BCUT2D eigenvalue weighted by Gasteiger charge is -2.27. The van der Waals surface area contributed by atoms with Crippen LogP contribution in [0.5, 0.6) is 5.75 Å². The van der Waals surface area contributed by atoms with Gasteiger partial charge in [-0.15, -0.1) is 0 Å². The minimum atomic E-state index is -0.613. The standard InChI is InChI=1S/C18H21N5O5/c1-8(2)27-14-4-9-11(3-10(14)16(19)25)20-7-21-17(9)23-5-12-15(13(23)6-24)28-18(26)22-12/h3-4,7-8,12-13,15,24H,5-6H2,1-2H3,(H2,19,25)(H,22,26)/t12-,13?,15-/m1/s1. The fourth-order valence-corrected chi connectivity index (χ4v) is 3.78. The lowest BCUT2D eigenvalue weighted by Crippen LogP contribution is -2.40. The molecule has 2 aliphatic heterocycles. The Kier molecular flexibility index (Phi) is 4.42. The van der Waals surface area contributed by atoms with Crippen molar-refractivity contribution in [3.63, 3.8) is 0 Å². The first kappa shape index (κ1) is 18.2. The van der Waals surface area contributed by atoms with Gasteiger partial charge < -0.3 is 30.5 Å². The highest BCUT2D eigenvalue weighted by Gasteiger charge is 2.49. The maximum absolute atomic E-state index is 11.8. The molecule has 28 heavy (non-hydrogen) atoms. The van der Waals surface area contributed by atoms with Crippen LogP contribution in [0.15, 0.2) is 18.5 Å². The number of aliphatic hydroxyl groups excluding tert-OH is 1. The molecule has 0 radical (unpaired) electrons. The first-order chi connectivity index (χ1) is 13.4. The number of carbonyl (C=O) groups excluding carboxylic acids is 2. The highest BCUT2D eigenvalue weighted by molar-refractivity contribution is 6.02. The number of nitrogens with one attached hydrogen (secondary N) is 1. The van der Waals surface area contributed by atoms with E-state index in [0.29, 0.717) is 29.0 Å².